The van der Waals surface area contributed by atoms with Gasteiger partial charge in [-0.2, -0.15) is 16.1 Å². The molecular formula is C16H22N2O4S2. The highest BCUT2D eigenvalue weighted by Gasteiger charge is 2.26. The summed E-state index contributed by atoms with van der Waals surface area (Å²) in [4.78, 5) is 12.5. The van der Waals surface area contributed by atoms with E-state index in [0.29, 0.717) is 37.7 Å². The number of nitrogens with one attached hydrogen (secondary N) is 1. The highest BCUT2D eigenvalue weighted by Crippen LogP contribution is 2.21. The highest BCUT2D eigenvalue weighted by atomic mass is 32.2. The van der Waals surface area contributed by atoms with Crippen LogP contribution in [-0.2, 0) is 14.8 Å². The van der Waals surface area contributed by atoms with E-state index in [1.54, 1.807) is 30.0 Å². The van der Waals surface area contributed by atoms with Gasteiger partial charge in [0.25, 0.3) is 5.91 Å². The van der Waals surface area contributed by atoms with E-state index in [-0.39, 0.29) is 10.8 Å². The van der Waals surface area contributed by atoms with E-state index < -0.39 is 10.0 Å². The first-order valence-corrected chi connectivity index (χ1v) is 10.7. The second kappa shape index (κ2) is 7.86. The van der Waals surface area contributed by atoms with Crippen molar-refractivity contribution in [3.8, 4) is 0 Å². The molecule has 0 bridgehead atoms. The number of benzene rings is 1. The number of ether oxygens (including phenoxy) is 1. The Morgan fingerprint density at radius 3 is 2.83 bits per heavy atom. The van der Waals surface area contributed by atoms with Gasteiger partial charge >= 0.3 is 0 Å². The zero-order valence-electron chi connectivity index (χ0n) is 13.4. The van der Waals surface area contributed by atoms with Gasteiger partial charge in [0.1, 0.15) is 0 Å². The van der Waals surface area contributed by atoms with Crippen molar-refractivity contribution in [1.82, 2.24) is 9.62 Å². The van der Waals surface area contributed by atoms with Crippen LogP contribution in [0.1, 0.15) is 16.8 Å². The lowest BCUT2D eigenvalue weighted by atomic mass is 10.1. The fourth-order valence-electron chi connectivity index (χ4n) is 2.82. The monoisotopic (exact) mass is 370 g/mol. The fraction of sp³-hybridized carbons (Fsp3) is 0.562. The van der Waals surface area contributed by atoms with Crippen LogP contribution in [0.15, 0.2) is 29.2 Å². The molecule has 2 fully saturated rings. The van der Waals surface area contributed by atoms with Crippen molar-refractivity contribution < 1.29 is 17.9 Å². The van der Waals surface area contributed by atoms with Crippen LogP contribution in [0.5, 0.6) is 0 Å². The molecule has 0 radical (unpaired) electrons. The topological polar surface area (TPSA) is 75.7 Å². The van der Waals surface area contributed by atoms with Crippen LogP contribution in [0.2, 0.25) is 0 Å². The predicted octanol–water partition coefficient (Wildman–Crippen LogP) is 1.19. The highest BCUT2D eigenvalue weighted by molar-refractivity contribution is 7.99. The van der Waals surface area contributed by atoms with Gasteiger partial charge in [-0.25, -0.2) is 8.42 Å². The summed E-state index contributed by atoms with van der Waals surface area (Å²) in [6.45, 7) is 3.00. The van der Waals surface area contributed by atoms with E-state index in [4.69, 9.17) is 4.74 Å². The molecule has 24 heavy (non-hydrogen) atoms. The van der Waals surface area contributed by atoms with Crippen molar-refractivity contribution in [3.05, 3.63) is 29.8 Å². The first-order valence-electron chi connectivity index (χ1n) is 8.11. The van der Waals surface area contributed by atoms with E-state index in [1.165, 1.54) is 10.4 Å². The zero-order chi connectivity index (χ0) is 17.0. The minimum absolute atomic E-state index is 0.186. The van der Waals surface area contributed by atoms with Crippen LogP contribution in [0.4, 0.5) is 0 Å². The molecule has 1 aromatic carbocycles. The minimum Gasteiger partial charge on any atom is -0.381 e. The summed E-state index contributed by atoms with van der Waals surface area (Å²) in [5.74, 6) is 1.71. The van der Waals surface area contributed by atoms with Gasteiger partial charge in [0.15, 0.2) is 0 Å². The van der Waals surface area contributed by atoms with Crippen molar-refractivity contribution in [2.24, 2.45) is 5.92 Å². The average molecular weight is 370 g/mol. The maximum atomic E-state index is 12.7. The first kappa shape index (κ1) is 17.7. The number of hydrogen-bond donors (Lipinski definition) is 1. The Bertz CT molecular complexity index is 681. The minimum atomic E-state index is -3.53. The zero-order valence-corrected chi connectivity index (χ0v) is 15.1. The first-order chi connectivity index (χ1) is 11.6. The Morgan fingerprint density at radius 2 is 2.12 bits per heavy atom. The van der Waals surface area contributed by atoms with Crippen LogP contribution < -0.4 is 5.32 Å². The molecule has 2 saturated heterocycles. The summed E-state index contributed by atoms with van der Waals surface area (Å²) in [6, 6.07) is 6.29. The number of carbonyl (C=O) groups excluding carboxylic acids is 1. The van der Waals surface area contributed by atoms with E-state index >= 15 is 0 Å². The van der Waals surface area contributed by atoms with Crippen molar-refractivity contribution in [3.63, 3.8) is 0 Å². The third-order valence-electron chi connectivity index (χ3n) is 4.28. The SMILES string of the molecule is O=C(NC[C@@H]1CCOC1)c1cccc(S(=O)(=O)N2CCSCC2)c1. The van der Waals surface area contributed by atoms with Crippen molar-refractivity contribution in [1.29, 1.82) is 0 Å². The Labute approximate surface area is 147 Å². The van der Waals surface area contributed by atoms with Gasteiger partial charge in [-0.3, -0.25) is 4.79 Å². The lowest BCUT2D eigenvalue weighted by Crippen LogP contribution is -2.38. The standard InChI is InChI=1S/C16H22N2O4S2/c19-16(17-11-13-4-7-22-12-13)14-2-1-3-15(10-14)24(20,21)18-5-8-23-9-6-18/h1-3,10,13H,4-9,11-12H2,(H,17,19)/t13-/m0/s1. The van der Waals surface area contributed by atoms with Crippen LogP contribution in [0.25, 0.3) is 0 Å². The second-order valence-corrected chi connectivity index (χ2v) is 9.15. The number of hydrogen-bond acceptors (Lipinski definition) is 5. The number of sulfonamides is 1. The average Bonchev–Trinajstić information content (AvgIpc) is 3.14. The molecule has 2 aliphatic rings. The van der Waals surface area contributed by atoms with Crippen molar-refractivity contribution in [2.45, 2.75) is 11.3 Å². The van der Waals surface area contributed by atoms with Crippen LogP contribution >= 0.6 is 11.8 Å². The molecule has 0 saturated carbocycles. The molecule has 0 spiro atoms. The molecule has 1 atom stereocenters. The van der Waals surface area contributed by atoms with Crippen molar-refractivity contribution >= 4 is 27.7 Å². The molecule has 1 N–H and O–H groups in total. The van der Waals surface area contributed by atoms with E-state index in [1.807, 2.05) is 0 Å². The summed E-state index contributed by atoms with van der Waals surface area (Å²) < 4.78 is 32.2. The summed E-state index contributed by atoms with van der Waals surface area (Å²) in [7, 11) is -3.53. The Kier molecular flexibility index (Phi) is 5.80. The van der Waals surface area contributed by atoms with Gasteiger partial charge in [-0.15, -0.1) is 0 Å². The van der Waals surface area contributed by atoms with Gasteiger partial charge < -0.3 is 10.1 Å². The molecule has 2 heterocycles. The van der Waals surface area contributed by atoms with Gasteiger partial charge in [0.05, 0.1) is 11.5 Å². The summed E-state index contributed by atoms with van der Waals surface area (Å²) in [5, 5.41) is 2.87. The van der Waals surface area contributed by atoms with Crippen LogP contribution in [0, 0.1) is 5.92 Å². The molecule has 6 nitrogen and oxygen atoms in total. The number of rotatable bonds is 5. The number of carbonyl (C=O) groups is 1. The largest absolute Gasteiger partial charge is 0.381 e. The molecule has 132 valence electrons. The summed E-state index contributed by atoms with van der Waals surface area (Å²) >= 11 is 1.76. The lowest BCUT2D eigenvalue weighted by molar-refractivity contribution is 0.0945. The molecule has 8 heteroatoms. The second-order valence-electron chi connectivity index (χ2n) is 5.98. The maximum Gasteiger partial charge on any atom is 0.251 e. The fourth-order valence-corrected chi connectivity index (χ4v) is 5.44. The lowest BCUT2D eigenvalue weighted by Gasteiger charge is -2.25. The maximum absolute atomic E-state index is 12.7. The number of amides is 1. The predicted molar refractivity (Wildman–Crippen MR) is 93.8 cm³/mol. The molecule has 1 aromatic rings. The Balaban J connectivity index is 1.69. The molecule has 0 aromatic heterocycles. The van der Waals surface area contributed by atoms with Gasteiger partial charge in [-0.1, -0.05) is 6.07 Å². The summed E-state index contributed by atoms with van der Waals surface area (Å²) in [5.41, 5.74) is 0.376. The number of thioether (sulfide) groups is 1. The molecule has 1 amide bonds. The van der Waals surface area contributed by atoms with Crippen molar-refractivity contribution in [2.75, 3.05) is 44.4 Å². The van der Waals surface area contributed by atoms with E-state index in [9.17, 15) is 13.2 Å². The molecular weight excluding hydrogens is 348 g/mol. The van der Waals surface area contributed by atoms with Crippen LogP contribution in [0.3, 0.4) is 0 Å². The van der Waals surface area contributed by atoms with Gasteiger partial charge in [-0.05, 0) is 24.6 Å². The number of nitrogens with zero attached hydrogens (tertiary/aromatic N) is 1. The molecule has 0 unspecified atom stereocenters. The van der Waals surface area contributed by atoms with E-state index in [2.05, 4.69) is 5.32 Å². The quantitative estimate of drug-likeness (QED) is 0.843. The van der Waals surface area contributed by atoms with Gasteiger partial charge in [0, 0.05) is 49.2 Å². The Hall–Kier alpha value is -1.09. The third-order valence-corrected chi connectivity index (χ3v) is 7.12. The van der Waals surface area contributed by atoms with Gasteiger partial charge in [0.2, 0.25) is 10.0 Å². The molecule has 3 rings (SSSR count). The normalized spacial score (nSPS) is 22.4. The van der Waals surface area contributed by atoms with Crippen LogP contribution in [-0.4, -0.2) is 63.0 Å². The molecule has 0 aliphatic carbocycles. The third kappa shape index (κ3) is 4.11. The van der Waals surface area contributed by atoms with E-state index in [0.717, 1.165) is 24.5 Å². The smallest absolute Gasteiger partial charge is 0.251 e. The Morgan fingerprint density at radius 1 is 1.33 bits per heavy atom. The molecule has 2 aliphatic heterocycles. The summed E-state index contributed by atoms with van der Waals surface area (Å²) in [6.07, 6.45) is 0.946.